The van der Waals surface area contributed by atoms with Gasteiger partial charge in [-0.25, -0.2) is 8.78 Å². The third-order valence-corrected chi connectivity index (χ3v) is 2.60. The van der Waals surface area contributed by atoms with E-state index in [1.165, 1.54) is 0 Å². The first-order valence-corrected chi connectivity index (χ1v) is 5.17. The lowest BCUT2D eigenvalue weighted by Gasteiger charge is -2.26. The predicted octanol–water partition coefficient (Wildman–Crippen LogP) is 2.09. The van der Waals surface area contributed by atoms with Gasteiger partial charge in [0, 0.05) is 6.42 Å². The first-order chi connectivity index (χ1) is 8.13. The summed E-state index contributed by atoms with van der Waals surface area (Å²) in [6.07, 6.45) is 1.49. The Bertz CT molecular complexity index is 474. The summed E-state index contributed by atoms with van der Waals surface area (Å²) in [5.74, 6) is -1.76. The monoisotopic (exact) mass is 239 g/mol. The van der Waals surface area contributed by atoms with Crippen molar-refractivity contribution < 1.29 is 18.3 Å². The number of carbonyl (C=O) groups is 1. The Hall–Kier alpha value is -1.91. The Morgan fingerprint density at radius 1 is 1.47 bits per heavy atom. The number of carbonyl (C=O) groups excluding carboxylic acids is 1. The molecule has 17 heavy (non-hydrogen) atoms. The van der Waals surface area contributed by atoms with Crippen molar-refractivity contribution in [2.45, 2.75) is 12.5 Å². The fraction of sp³-hybridized carbons (Fsp3) is 0.250. The van der Waals surface area contributed by atoms with Gasteiger partial charge >= 0.3 is 0 Å². The highest BCUT2D eigenvalue weighted by molar-refractivity contribution is 5.87. The molecule has 5 heteroatoms. The SMILES string of the molecule is C=CC(=O)N[C@@H]1CCOc2c(F)ccc(F)c21. The van der Waals surface area contributed by atoms with E-state index in [1.54, 1.807) is 0 Å². The molecular weight excluding hydrogens is 228 g/mol. The fourth-order valence-corrected chi connectivity index (χ4v) is 1.82. The Labute approximate surface area is 97.1 Å². The second-order valence-corrected chi connectivity index (χ2v) is 3.67. The maximum Gasteiger partial charge on any atom is 0.243 e. The van der Waals surface area contributed by atoms with Crippen LogP contribution in [0.25, 0.3) is 0 Å². The molecule has 0 aliphatic carbocycles. The second kappa shape index (κ2) is 4.53. The molecule has 1 aliphatic heterocycles. The summed E-state index contributed by atoms with van der Waals surface area (Å²) in [6.45, 7) is 3.54. The van der Waals surface area contributed by atoms with Crippen molar-refractivity contribution in [3.63, 3.8) is 0 Å². The van der Waals surface area contributed by atoms with Gasteiger partial charge in [-0.2, -0.15) is 0 Å². The van der Waals surface area contributed by atoms with Gasteiger partial charge in [0.1, 0.15) is 5.82 Å². The highest BCUT2D eigenvalue weighted by Crippen LogP contribution is 2.36. The van der Waals surface area contributed by atoms with Crippen LogP contribution in [0.5, 0.6) is 5.75 Å². The second-order valence-electron chi connectivity index (χ2n) is 3.67. The molecule has 0 saturated heterocycles. The lowest BCUT2D eigenvalue weighted by molar-refractivity contribution is -0.117. The molecular formula is C12H11F2NO2. The first kappa shape index (κ1) is 11.6. The van der Waals surface area contributed by atoms with Crippen LogP contribution >= 0.6 is 0 Å². The van der Waals surface area contributed by atoms with Crippen LogP contribution in [0.3, 0.4) is 0 Å². The van der Waals surface area contributed by atoms with Crippen molar-refractivity contribution in [2.75, 3.05) is 6.61 Å². The summed E-state index contributed by atoms with van der Waals surface area (Å²) in [6, 6.07) is 1.45. The van der Waals surface area contributed by atoms with E-state index in [1.807, 2.05) is 0 Å². The van der Waals surface area contributed by atoms with Gasteiger partial charge < -0.3 is 10.1 Å². The Morgan fingerprint density at radius 3 is 2.88 bits per heavy atom. The summed E-state index contributed by atoms with van der Waals surface area (Å²) >= 11 is 0. The minimum absolute atomic E-state index is 0.0615. The molecule has 1 amide bonds. The molecule has 1 aromatic rings. The van der Waals surface area contributed by atoms with Gasteiger partial charge in [-0.1, -0.05) is 6.58 Å². The summed E-state index contributed by atoms with van der Waals surface area (Å²) in [5, 5.41) is 2.55. The normalized spacial score (nSPS) is 17.9. The van der Waals surface area contributed by atoms with Crippen LogP contribution in [0.15, 0.2) is 24.8 Å². The van der Waals surface area contributed by atoms with Crippen LogP contribution in [-0.4, -0.2) is 12.5 Å². The molecule has 0 radical (unpaired) electrons. The average Bonchev–Trinajstić information content (AvgIpc) is 2.34. The molecule has 0 aromatic heterocycles. The van der Waals surface area contributed by atoms with Crippen LogP contribution in [-0.2, 0) is 4.79 Å². The number of amides is 1. The molecule has 0 spiro atoms. The van der Waals surface area contributed by atoms with E-state index in [9.17, 15) is 13.6 Å². The number of fused-ring (bicyclic) bond motifs is 1. The maximum absolute atomic E-state index is 13.6. The van der Waals surface area contributed by atoms with E-state index in [2.05, 4.69) is 11.9 Å². The van der Waals surface area contributed by atoms with Crippen LogP contribution in [0.2, 0.25) is 0 Å². The molecule has 1 N–H and O–H groups in total. The summed E-state index contributed by atoms with van der Waals surface area (Å²) in [7, 11) is 0. The summed E-state index contributed by atoms with van der Waals surface area (Å²) < 4.78 is 32.1. The third-order valence-electron chi connectivity index (χ3n) is 2.60. The van der Waals surface area contributed by atoms with E-state index in [0.717, 1.165) is 18.2 Å². The minimum Gasteiger partial charge on any atom is -0.490 e. The fourth-order valence-electron chi connectivity index (χ4n) is 1.82. The molecule has 90 valence electrons. The van der Waals surface area contributed by atoms with Crippen molar-refractivity contribution in [3.8, 4) is 5.75 Å². The molecule has 1 heterocycles. The van der Waals surface area contributed by atoms with Crippen molar-refractivity contribution in [2.24, 2.45) is 0 Å². The van der Waals surface area contributed by atoms with E-state index < -0.39 is 23.6 Å². The standard InChI is InChI=1S/C12H11F2NO2/c1-2-10(16)15-9-5-6-17-12-8(14)4-3-7(13)11(9)12/h2-4,9H,1,5-6H2,(H,15,16)/t9-/m1/s1. The predicted molar refractivity (Wildman–Crippen MR) is 57.6 cm³/mol. The summed E-state index contributed by atoms with van der Waals surface area (Å²) in [5.41, 5.74) is 0.0615. The molecule has 1 aliphatic rings. The molecule has 2 rings (SSSR count). The highest BCUT2D eigenvalue weighted by Gasteiger charge is 2.28. The van der Waals surface area contributed by atoms with Crippen molar-refractivity contribution in [3.05, 3.63) is 42.0 Å². The third kappa shape index (κ3) is 2.13. The van der Waals surface area contributed by atoms with Crippen LogP contribution in [0, 0.1) is 11.6 Å². The lowest BCUT2D eigenvalue weighted by Crippen LogP contribution is -2.32. The van der Waals surface area contributed by atoms with Gasteiger partial charge in [-0.15, -0.1) is 0 Å². The lowest BCUT2D eigenvalue weighted by atomic mass is 9.99. The minimum atomic E-state index is -0.626. The zero-order valence-electron chi connectivity index (χ0n) is 9.00. The number of rotatable bonds is 2. The number of benzene rings is 1. The maximum atomic E-state index is 13.6. The smallest absolute Gasteiger partial charge is 0.243 e. The van der Waals surface area contributed by atoms with Crippen LogP contribution < -0.4 is 10.1 Å². The Balaban J connectivity index is 2.39. The van der Waals surface area contributed by atoms with E-state index >= 15 is 0 Å². The number of ether oxygens (including phenoxy) is 1. The molecule has 3 nitrogen and oxygen atoms in total. The number of halogens is 2. The molecule has 1 atom stereocenters. The van der Waals surface area contributed by atoms with Gasteiger partial charge in [0.25, 0.3) is 0 Å². The topological polar surface area (TPSA) is 38.3 Å². The average molecular weight is 239 g/mol. The van der Waals surface area contributed by atoms with E-state index in [4.69, 9.17) is 4.74 Å². The van der Waals surface area contributed by atoms with Gasteiger partial charge in [-0.3, -0.25) is 4.79 Å². The van der Waals surface area contributed by atoms with Gasteiger partial charge in [0.2, 0.25) is 5.91 Å². The Kier molecular flexibility index (Phi) is 3.08. The van der Waals surface area contributed by atoms with Crippen LogP contribution in [0.1, 0.15) is 18.0 Å². The van der Waals surface area contributed by atoms with Gasteiger partial charge in [0.15, 0.2) is 11.6 Å². The molecule has 1 aromatic carbocycles. The largest absolute Gasteiger partial charge is 0.490 e. The highest BCUT2D eigenvalue weighted by atomic mass is 19.1. The van der Waals surface area contributed by atoms with Gasteiger partial charge in [-0.05, 0) is 18.2 Å². The van der Waals surface area contributed by atoms with Crippen molar-refractivity contribution >= 4 is 5.91 Å². The summed E-state index contributed by atoms with van der Waals surface area (Å²) in [4.78, 5) is 11.2. The molecule has 0 unspecified atom stereocenters. The molecule has 0 bridgehead atoms. The zero-order valence-corrected chi connectivity index (χ0v) is 9.00. The van der Waals surface area contributed by atoms with Crippen LogP contribution in [0.4, 0.5) is 8.78 Å². The quantitative estimate of drug-likeness (QED) is 0.802. The zero-order chi connectivity index (χ0) is 12.4. The molecule has 0 fully saturated rings. The van der Waals surface area contributed by atoms with Gasteiger partial charge in [0.05, 0.1) is 18.2 Å². The Morgan fingerprint density at radius 2 is 2.18 bits per heavy atom. The number of hydrogen-bond acceptors (Lipinski definition) is 2. The van der Waals surface area contributed by atoms with Crippen molar-refractivity contribution in [1.82, 2.24) is 5.32 Å². The first-order valence-electron chi connectivity index (χ1n) is 5.17. The number of hydrogen-bond donors (Lipinski definition) is 1. The van der Waals surface area contributed by atoms with Crippen molar-refractivity contribution in [1.29, 1.82) is 0 Å². The number of nitrogens with one attached hydrogen (secondary N) is 1. The van der Waals surface area contributed by atoms with E-state index in [0.29, 0.717) is 6.42 Å². The molecule has 0 saturated carbocycles. The van der Waals surface area contributed by atoms with E-state index in [-0.39, 0.29) is 17.9 Å².